The molecule has 0 bridgehead atoms. The van der Waals surface area contributed by atoms with Crippen LogP contribution in [0.4, 0.5) is 0 Å². The molecule has 0 saturated heterocycles. The molecular formula is HNO3S2. The monoisotopic (exact) mass is 127 g/mol. The van der Waals surface area contributed by atoms with Gasteiger partial charge in [0.25, 0.3) is 0 Å². The van der Waals surface area contributed by atoms with Crippen molar-refractivity contribution in [3.8, 4) is 0 Å². The average molecular weight is 127 g/mol. The summed E-state index contributed by atoms with van der Waals surface area (Å²) in [5.41, 5.74) is 0. The summed E-state index contributed by atoms with van der Waals surface area (Å²) >= 11 is 3.72. The van der Waals surface area contributed by atoms with Crippen molar-refractivity contribution in [2.24, 2.45) is 0 Å². The molecule has 0 aliphatic heterocycles. The van der Waals surface area contributed by atoms with E-state index >= 15 is 0 Å². The van der Waals surface area contributed by atoms with Gasteiger partial charge in [0.1, 0.15) is 11.1 Å². The molecular weight excluding hydrogens is 126 g/mol. The van der Waals surface area contributed by atoms with Crippen LogP contribution in [0.25, 0.3) is 0 Å². The minimum atomic E-state index is -0.933. The second-order valence-corrected chi connectivity index (χ2v) is 1.12. The van der Waals surface area contributed by atoms with Gasteiger partial charge >= 0.3 is 5.09 Å². The normalized spacial score (nSPS) is 7.50. The standard InChI is InChI=1S/HNO3S2/c2-1(3)4-6-5/h5H. The molecule has 6 heavy (non-hydrogen) atoms. The summed E-state index contributed by atoms with van der Waals surface area (Å²) in [6.07, 6.45) is 0. The zero-order valence-corrected chi connectivity index (χ0v) is 4.24. The summed E-state index contributed by atoms with van der Waals surface area (Å²) in [6.45, 7) is 0. The third-order valence-corrected chi connectivity index (χ3v) is 0.483. The minimum absolute atomic E-state index is 0.405. The molecule has 0 N–H and O–H groups in total. The van der Waals surface area contributed by atoms with Crippen LogP contribution in [-0.4, -0.2) is 5.09 Å². The van der Waals surface area contributed by atoms with E-state index in [1.54, 1.807) is 0 Å². The van der Waals surface area contributed by atoms with E-state index in [1.807, 2.05) is 0 Å². The van der Waals surface area contributed by atoms with Crippen molar-refractivity contribution in [2.75, 3.05) is 0 Å². The fourth-order valence-corrected chi connectivity index (χ4v) is 0.245. The molecule has 4 nitrogen and oxygen atoms in total. The number of rotatable bonds is 2. The molecule has 0 aromatic heterocycles. The highest BCUT2D eigenvalue weighted by Crippen LogP contribution is 2.04. The zero-order valence-electron chi connectivity index (χ0n) is 2.53. The van der Waals surface area contributed by atoms with Gasteiger partial charge in [-0.05, 0) is 0 Å². The Morgan fingerprint density at radius 1 is 2.00 bits per heavy atom. The van der Waals surface area contributed by atoms with Gasteiger partial charge in [-0.3, -0.25) is 0 Å². The first-order valence-corrected chi connectivity index (χ1v) is 2.69. The first-order chi connectivity index (χ1) is 2.77. The molecule has 0 aliphatic rings. The van der Waals surface area contributed by atoms with Crippen LogP contribution in [-0.2, 0) is 4.28 Å². The van der Waals surface area contributed by atoms with Crippen molar-refractivity contribution in [1.29, 1.82) is 0 Å². The third kappa shape index (κ3) is 3.90. The Morgan fingerprint density at radius 3 is 2.50 bits per heavy atom. The predicted molar refractivity (Wildman–Crippen MR) is 24.7 cm³/mol. The molecule has 0 radical (unpaired) electrons. The van der Waals surface area contributed by atoms with Crippen LogP contribution in [0.3, 0.4) is 0 Å². The maximum Gasteiger partial charge on any atom is 0.307 e. The number of hydrogen-bond acceptors (Lipinski definition) is 5. The van der Waals surface area contributed by atoms with Crippen LogP contribution >= 0.6 is 22.7 Å². The van der Waals surface area contributed by atoms with Gasteiger partial charge in [0.2, 0.25) is 0 Å². The molecule has 0 unspecified atom stereocenters. The van der Waals surface area contributed by atoms with Gasteiger partial charge in [-0.2, -0.15) is 0 Å². The smallest absolute Gasteiger partial charge is 0.230 e. The van der Waals surface area contributed by atoms with Gasteiger partial charge in [-0.25, -0.2) is 4.28 Å². The van der Waals surface area contributed by atoms with E-state index in [9.17, 15) is 0 Å². The van der Waals surface area contributed by atoms with Crippen LogP contribution in [0.5, 0.6) is 0 Å². The Morgan fingerprint density at radius 2 is 2.50 bits per heavy atom. The largest absolute Gasteiger partial charge is 0.307 e. The molecule has 0 aromatic rings. The van der Waals surface area contributed by atoms with E-state index in [0.717, 1.165) is 0 Å². The highest BCUT2D eigenvalue weighted by molar-refractivity contribution is 8.66. The Labute approximate surface area is 43.0 Å². The van der Waals surface area contributed by atoms with Crippen molar-refractivity contribution in [1.82, 2.24) is 0 Å². The summed E-state index contributed by atoms with van der Waals surface area (Å²) < 4.78 is 3.54. The van der Waals surface area contributed by atoms with Crippen LogP contribution < -0.4 is 0 Å². The van der Waals surface area contributed by atoms with Crippen molar-refractivity contribution in [3.63, 3.8) is 0 Å². The summed E-state index contributed by atoms with van der Waals surface area (Å²) in [7, 11) is 0. The van der Waals surface area contributed by atoms with E-state index in [2.05, 4.69) is 15.9 Å². The average Bonchev–Trinajstić information content (AvgIpc) is 1.35. The van der Waals surface area contributed by atoms with E-state index in [0.29, 0.717) is 11.1 Å². The van der Waals surface area contributed by atoms with Gasteiger partial charge in [0.05, 0.1) is 0 Å². The molecule has 0 heterocycles. The summed E-state index contributed by atoms with van der Waals surface area (Å²) in [5, 5.41) is 8.18. The second-order valence-electron chi connectivity index (χ2n) is 0.373. The fourth-order valence-electron chi connectivity index (χ4n) is 0.0272. The SMILES string of the molecule is O=[N+]([O-])OSS. The van der Waals surface area contributed by atoms with Gasteiger partial charge in [-0.15, -0.1) is 10.1 Å². The Bertz CT molecular complexity index is 52.8. The van der Waals surface area contributed by atoms with Gasteiger partial charge in [0, 0.05) is 0 Å². The highest BCUT2D eigenvalue weighted by atomic mass is 33.1. The number of thiol groups is 1. The number of nitrogens with zero attached hydrogens (tertiary/aromatic N) is 1. The summed E-state index contributed by atoms with van der Waals surface area (Å²) in [5.74, 6) is 0. The molecule has 36 valence electrons. The predicted octanol–water partition coefficient (Wildman–Crippen LogP) is 0.688. The van der Waals surface area contributed by atoms with Crippen molar-refractivity contribution in [3.05, 3.63) is 10.1 Å². The molecule has 0 aliphatic carbocycles. The molecule has 0 fully saturated rings. The van der Waals surface area contributed by atoms with E-state index in [1.165, 1.54) is 0 Å². The Kier molecular flexibility index (Phi) is 3.05. The van der Waals surface area contributed by atoms with Crippen LogP contribution in [0.2, 0.25) is 0 Å². The lowest BCUT2D eigenvalue weighted by molar-refractivity contribution is -0.706. The van der Waals surface area contributed by atoms with Crippen LogP contribution in [0.15, 0.2) is 0 Å². The first kappa shape index (κ1) is 5.90. The quantitative estimate of drug-likeness (QED) is 0.195. The van der Waals surface area contributed by atoms with Crippen molar-refractivity contribution < 1.29 is 9.37 Å². The van der Waals surface area contributed by atoms with E-state index in [-0.39, 0.29) is 0 Å². The molecule has 0 rings (SSSR count). The maximum atomic E-state index is 9.11. The fraction of sp³-hybridized carbons (Fsp3) is 0. The minimum Gasteiger partial charge on any atom is -0.230 e. The lowest BCUT2D eigenvalue weighted by Crippen LogP contribution is -1.87. The topological polar surface area (TPSA) is 52.4 Å². The second kappa shape index (κ2) is 3.10. The first-order valence-electron chi connectivity index (χ1n) is 0.897. The van der Waals surface area contributed by atoms with Crippen molar-refractivity contribution >= 4 is 22.7 Å². The lowest BCUT2D eigenvalue weighted by Gasteiger charge is -1.80. The maximum absolute atomic E-state index is 9.11. The summed E-state index contributed by atoms with van der Waals surface area (Å²) in [4.78, 5) is 9.11. The van der Waals surface area contributed by atoms with Gasteiger partial charge in [0.15, 0.2) is 0 Å². The third-order valence-electron chi connectivity index (χ3n) is 0.0942. The molecule has 0 saturated carbocycles. The van der Waals surface area contributed by atoms with Gasteiger partial charge < -0.3 is 0 Å². The zero-order chi connectivity index (χ0) is 4.99. The van der Waals surface area contributed by atoms with E-state index < -0.39 is 5.09 Å². The Hall–Kier alpha value is -0.100. The van der Waals surface area contributed by atoms with E-state index in [4.69, 9.17) is 10.1 Å². The van der Waals surface area contributed by atoms with Crippen LogP contribution in [0.1, 0.15) is 0 Å². The van der Waals surface area contributed by atoms with Crippen LogP contribution in [0, 0.1) is 10.1 Å². The van der Waals surface area contributed by atoms with Gasteiger partial charge in [-0.1, -0.05) is 11.7 Å². The Balaban J connectivity index is 2.83. The highest BCUT2D eigenvalue weighted by Gasteiger charge is 1.86. The summed E-state index contributed by atoms with van der Waals surface area (Å²) in [6, 6.07) is 0. The lowest BCUT2D eigenvalue weighted by atomic mass is 13.1. The molecule has 0 amide bonds. The molecule has 6 heteroatoms. The number of hydrogen-bond donors (Lipinski definition) is 1. The van der Waals surface area contributed by atoms with Crippen molar-refractivity contribution in [2.45, 2.75) is 0 Å². The molecule has 0 spiro atoms. The molecule has 0 aromatic carbocycles. The molecule has 0 atom stereocenters.